The molecule has 1 aliphatic carbocycles. The predicted molar refractivity (Wildman–Crippen MR) is 117 cm³/mol. The molecule has 2 aromatic rings. The molecule has 5 unspecified atom stereocenters. The SMILES string of the molecule is CCOc1cccc(-c2c(C3CC(C)C4C(=O)NNC(CN)C4C3)cnn2C)c1C#N. The van der Waals surface area contributed by atoms with Crippen molar-refractivity contribution in [1.29, 1.82) is 5.26 Å². The largest absolute Gasteiger partial charge is 0.492 e. The van der Waals surface area contributed by atoms with Crippen LogP contribution in [0.25, 0.3) is 11.3 Å². The van der Waals surface area contributed by atoms with E-state index in [9.17, 15) is 10.1 Å². The number of nitrogens with two attached hydrogens (primary N) is 1. The maximum absolute atomic E-state index is 12.5. The minimum atomic E-state index is -0.0397. The van der Waals surface area contributed by atoms with Crippen molar-refractivity contribution in [3.8, 4) is 23.1 Å². The summed E-state index contributed by atoms with van der Waals surface area (Å²) in [4.78, 5) is 12.5. The van der Waals surface area contributed by atoms with Crippen LogP contribution in [0.15, 0.2) is 24.4 Å². The molecule has 1 aromatic heterocycles. The summed E-state index contributed by atoms with van der Waals surface area (Å²) in [7, 11) is 1.90. The van der Waals surface area contributed by atoms with Gasteiger partial charge in [0.25, 0.3) is 0 Å². The summed E-state index contributed by atoms with van der Waals surface area (Å²) in [5.74, 6) is 1.21. The van der Waals surface area contributed by atoms with Crippen LogP contribution < -0.4 is 21.3 Å². The highest BCUT2D eigenvalue weighted by atomic mass is 16.5. The molecule has 8 nitrogen and oxygen atoms in total. The van der Waals surface area contributed by atoms with Crippen LogP contribution in [0.1, 0.15) is 43.7 Å². The fourth-order valence-corrected chi connectivity index (χ4v) is 5.50. The number of benzene rings is 1. The lowest BCUT2D eigenvalue weighted by molar-refractivity contribution is -0.136. The fourth-order valence-electron chi connectivity index (χ4n) is 5.50. The molecule has 4 rings (SSSR count). The quantitative estimate of drug-likeness (QED) is 0.679. The van der Waals surface area contributed by atoms with Crippen LogP contribution in [0.5, 0.6) is 5.75 Å². The van der Waals surface area contributed by atoms with Gasteiger partial charge in [0.1, 0.15) is 17.4 Å². The highest BCUT2D eigenvalue weighted by molar-refractivity contribution is 5.80. The van der Waals surface area contributed by atoms with E-state index >= 15 is 0 Å². The van der Waals surface area contributed by atoms with E-state index in [4.69, 9.17) is 10.5 Å². The molecule has 31 heavy (non-hydrogen) atoms. The van der Waals surface area contributed by atoms with E-state index in [1.54, 1.807) is 0 Å². The second-order valence-electron chi connectivity index (χ2n) is 8.61. The summed E-state index contributed by atoms with van der Waals surface area (Å²) >= 11 is 0. The van der Waals surface area contributed by atoms with Gasteiger partial charge in [-0.25, -0.2) is 5.43 Å². The number of carbonyl (C=O) groups is 1. The first kappa shape index (κ1) is 21.3. The van der Waals surface area contributed by atoms with Crippen molar-refractivity contribution < 1.29 is 9.53 Å². The molecule has 0 radical (unpaired) electrons. The third-order valence-corrected chi connectivity index (χ3v) is 6.84. The predicted octanol–water partition coefficient (Wildman–Crippen LogP) is 2.07. The number of amides is 1. The smallest absolute Gasteiger partial charge is 0.237 e. The number of rotatable bonds is 5. The Balaban J connectivity index is 1.75. The lowest BCUT2D eigenvalue weighted by atomic mass is 9.63. The Morgan fingerprint density at radius 2 is 2.19 bits per heavy atom. The zero-order valence-corrected chi connectivity index (χ0v) is 18.3. The van der Waals surface area contributed by atoms with Gasteiger partial charge in [-0.1, -0.05) is 19.1 Å². The molecule has 8 heteroatoms. The Bertz CT molecular complexity index is 1010. The van der Waals surface area contributed by atoms with Crippen LogP contribution in [0.4, 0.5) is 0 Å². The first-order valence-corrected chi connectivity index (χ1v) is 10.9. The number of nitriles is 1. The molecule has 2 heterocycles. The maximum atomic E-state index is 12.5. The van der Waals surface area contributed by atoms with Gasteiger partial charge in [0.2, 0.25) is 5.91 Å². The van der Waals surface area contributed by atoms with Crippen LogP contribution >= 0.6 is 0 Å². The van der Waals surface area contributed by atoms with E-state index < -0.39 is 0 Å². The number of hydrogen-bond donors (Lipinski definition) is 3. The summed E-state index contributed by atoms with van der Waals surface area (Å²) in [6.45, 7) is 5.02. The topological polar surface area (TPSA) is 118 Å². The second-order valence-corrected chi connectivity index (χ2v) is 8.61. The average Bonchev–Trinajstić information content (AvgIpc) is 3.15. The van der Waals surface area contributed by atoms with E-state index in [1.165, 1.54) is 0 Å². The summed E-state index contributed by atoms with van der Waals surface area (Å²) < 4.78 is 7.54. The van der Waals surface area contributed by atoms with Crippen LogP contribution in [-0.4, -0.2) is 34.9 Å². The molecule has 1 aliphatic heterocycles. The summed E-state index contributed by atoms with van der Waals surface area (Å²) in [5, 5.41) is 14.4. The highest BCUT2D eigenvalue weighted by Gasteiger charge is 2.46. The molecule has 4 N–H and O–H groups in total. The molecule has 0 spiro atoms. The molecule has 1 amide bonds. The number of aromatic nitrogens is 2. The van der Waals surface area contributed by atoms with Crippen LogP contribution in [0.2, 0.25) is 0 Å². The molecule has 1 saturated heterocycles. The second kappa shape index (κ2) is 8.69. The molecule has 164 valence electrons. The molecule has 1 aromatic carbocycles. The summed E-state index contributed by atoms with van der Waals surface area (Å²) in [6.07, 6.45) is 3.65. The third-order valence-electron chi connectivity index (χ3n) is 6.84. The van der Waals surface area contributed by atoms with E-state index in [1.807, 2.05) is 43.0 Å². The highest BCUT2D eigenvalue weighted by Crippen LogP contribution is 2.47. The number of aryl methyl sites for hydroxylation is 1. The van der Waals surface area contributed by atoms with Crippen molar-refractivity contribution in [2.24, 2.45) is 30.5 Å². The molecule has 2 aliphatic rings. The first-order valence-electron chi connectivity index (χ1n) is 10.9. The molecular formula is C23H30N6O2. The van der Waals surface area contributed by atoms with Crippen molar-refractivity contribution >= 4 is 5.91 Å². The minimum absolute atomic E-state index is 0.0397. The number of fused-ring (bicyclic) bond motifs is 1. The van der Waals surface area contributed by atoms with Gasteiger partial charge in [-0.3, -0.25) is 14.9 Å². The summed E-state index contributed by atoms with van der Waals surface area (Å²) in [5.41, 5.74) is 15.3. The molecule has 0 bridgehead atoms. The molecule has 2 fully saturated rings. The Hall–Kier alpha value is -2.89. The fraction of sp³-hybridized carbons (Fsp3) is 0.522. The monoisotopic (exact) mass is 422 g/mol. The molecule has 1 saturated carbocycles. The number of hydrazine groups is 1. The van der Waals surface area contributed by atoms with Gasteiger partial charge in [-0.05, 0) is 43.6 Å². The van der Waals surface area contributed by atoms with Gasteiger partial charge >= 0.3 is 0 Å². The van der Waals surface area contributed by atoms with Gasteiger partial charge in [0.05, 0.1) is 18.5 Å². The lowest BCUT2D eigenvalue weighted by Crippen LogP contribution is -2.63. The van der Waals surface area contributed by atoms with E-state index in [0.717, 1.165) is 29.7 Å². The van der Waals surface area contributed by atoms with E-state index in [2.05, 4.69) is 28.9 Å². The number of nitrogens with one attached hydrogen (secondary N) is 2. The summed E-state index contributed by atoms with van der Waals surface area (Å²) in [6, 6.07) is 8.06. The lowest BCUT2D eigenvalue weighted by Gasteiger charge is -2.46. The van der Waals surface area contributed by atoms with E-state index in [-0.39, 0.29) is 35.6 Å². The zero-order chi connectivity index (χ0) is 22.1. The minimum Gasteiger partial charge on any atom is -0.492 e. The molecular weight excluding hydrogens is 392 g/mol. The molecule has 5 atom stereocenters. The Morgan fingerprint density at radius 3 is 2.90 bits per heavy atom. The van der Waals surface area contributed by atoms with Crippen molar-refractivity contribution in [2.45, 2.75) is 38.6 Å². The number of ether oxygens (including phenoxy) is 1. The van der Waals surface area contributed by atoms with Crippen LogP contribution in [-0.2, 0) is 11.8 Å². The standard InChI is InChI=1S/C23H30N6O2/c1-4-31-20-7-5-6-15(17(20)10-24)22-18(12-26-29(22)3)14-8-13(2)21-16(9-14)19(11-25)27-28-23(21)30/h5-7,12-14,16,19,21,27H,4,8-9,11,25H2,1-3H3,(H,28,30). The van der Waals surface area contributed by atoms with Crippen molar-refractivity contribution in [2.75, 3.05) is 13.2 Å². The third kappa shape index (κ3) is 3.68. The van der Waals surface area contributed by atoms with Gasteiger partial charge in [-0.2, -0.15) is 10.4 Å². The Kier molecular flexibility index (Phi) is 5.99. The van der Waals surface area contributed by atoms with Crippen LogP contribution in [0.3, 0.4) is 0 Å². The van der Waals surface area contributed by atoms with Gasteiger partial charge in [-0.15, -0.1) is 0 Å². The number of nitrogens with zero attached hydrogens (tertiary/aromatic N) is 3. The number of carbonyl (C=O) groups excluding carboxylic acids is 1. The van der Waals surface area contributed by atoms with Gasteiger partial charge < -0.3 is 10.5 Å². The van der Waals surface area contributed by atoms with Crippen molar-refractivity contribution in [3.63, 3.8) is 0 Å². The van der Waals surface area contributed by atoms with Crippen molar-refractivity contribution in [1.82, 2.24) is 20.6 Å². The van der Waals surface area contributed by atoms with Gasteiger partial charge in [0, 0.05) is 36.7 Å². The van der Waals surface area contributed by atoms with E-state index in [0.29, 0.717) is 24.5 Å². The Labute approximate surface area is 182 Å². The van der Waals surface area contributed by atoms with Crippen molar-refractivity contribution in [3.05, 3.63) is 35.5 Å². The first-order chi connectivity index (χ1) is 15.0. The normalized spacial score (nSPS) is 27.8. The Morgan fingerprint density at radius 1 is 1.39 bits per heavy atom. The zero-order valence-electron chi connectivity index (χ0n) is 18.3. The average molecular weight is 423 g/mol. The maximum Gasteiger partial charge on any atom is 0.237 e. The van der Waals surface area contributed by atoms with Crippen LogP contribution in [0, 0.1) is 29.1 Å². The number of hydrogen-bond acceptors (Lipinski definition) is 6. The van der Waals surface area contributed by atoms with Gasteiger partial charge in [0.15, 0.2) is 0 Å².